The monoisotopic (exact) mass is 273 g/mol. The third-order valence-corrected chi connectivity index (χ3v) is 3.25. The Labute approximate surface area is 119 Å². The minimum atomic E-state index is -0.330. The van der Waals surface area contributed by atoms with Gasteiger partial charge < -0.3 is 10.5 Å². The molecule has 2 aromatic carbocycles. The van der Waals surface area contributed by atoms with Gasteiger partial charge in [0, 0.05) is 11.3 Å². The summed E-state index contributed by atoms with van der Waals surface area (Å²) in [4.78, 5) is 0. The highest BCUT2D eigenvalue weighted by Gasteiger charge is 2.10. The molecule has 0 atom stereocenters. The van der Waals surface area contributed by atoms with Crippen LogP contribution >= 0.6 is 0 Å². The van der Waals surface area contributed by atoms with Gasteiger partial charge in [0.2, 0.25) is 0 Å². The lowest BCUT2D eigenvalue weighted by molar-refractivity contribution is 0.295. The highest BCUT2D eigenvalue weighted by molar-refractivity contribution is 5.41. The van der Waals surface area contributed by atoms with E-state index in [9.17, 15) is 4.39 Å². The highest BCUT2D eigenvalue weighted by atomic mass is 19.1. The van der Waals surface area contributed by atoms with E-state index in [0.29, 0.717) is 17.2 Å². The number of hydrogen-bond acceptors (Lipinski definition) is 2. The molecule has 0 saturated heterocycles. The van der Waals surface area contributed by atoms with Crippen LogP contribution in [0.1, 0.15) is 36.5 Å². The van der Waals surface area contributed by atoms with Crippen molar-refractivity contribution in [2.75, 3.05) is 5.73 Å². The van der Waals surface area contributed by atoms with Crippen LogP contribution < -0.4 is 10.5 Å². The predicted octanol–water partition coefficient (Wildman–Crippen LogP) is 4.42. The van der Waals surface area contributed by atoms with Gasteiger partial charge in [-0.2, -0.15) is 0 Å². The molecule has 2 aromatic rings. The van der Waals surface area contributed by atoms with Crippen molar-refractivity contribution in [3.05, 3.63) is 58.9 Å². The van der Waals surface area contributed by atoms with Crippen molar-refractivity contribution in [2.45, 2.75) is 33.3 Å². The average molecular weight is 273 g/mol. The SMILES string of the molecule is Cc1ccc(C(C)C)c(OCc2ccc(N)cc2F)c1. The number of anilines is 1. The van der Waals surface area contributed by atoms with Gasteiger partial charge in [-0.15, -0.1) is 0 Å². The second-order valence-corrected chi connectivity index (χ2v) is 5.34. The van der Waals surface area contributed by atoms with Crippen LogP contribution in [0.5, 0.6) is 5.75 Å². The first-order valence-corrected chi connectivity index (χ1v) is 6.74. The Morgan fingerprint density at radius 1 is 1.15 bits per heavy atom. The summed E-state index contributed by atoms with van der Waals surface area (Å²) in [6.07, 6.45) is 0. The zero-order valence-corrected chi connectivity index (χ0v) is 12.1. The first-order valence-electron chi connectivity index (χ1n) is 6.74. The Morgan fingerprint density at radius 3 is 2.55 bits per heavy atom. The number of hydrogen-bond donors (Lipinski definition) is 1. The first-order chi connectivity index (χ1) is 9.47. The maximum Gasteiger partial charge on any atom is 0.131 e. The molecule has 0 saturated carbocycles. The number of nitrogen functional groups attached to an aromatic ring is 1. The van der Waals surface area contributed by atoms with Crippen molar-refractivity contribution in [3.63, 3.8) is 0 Å². The average Bonchev–Trinajstić information content (AvgIpc) is 2.37. The summed E-state index contributed by atoms with van der Waals surface area (Å²) >= 11 is 0. The molecule has 3 heteroatoms. The number of aryl methyl sites for hydroxylation is 1. The summed E-state index contributed by atoms with van der Waals surface area (Å²) in [5.41, 5.74) is 8.73. The van der Waals surface area contributed by atoms with E-state index in [1.807, 2.05) is 13.0 Å². The molecule has 0 aliphatic carbocycles. The van der Waals surface area contributed by atoms with Crippen molar-refractivity contribution in [1.29, 1.82) is 0 Å². The third kappa shape index (κ3) is 3.29. The van der Waals surface area contributed by atoms with Gasteiger partial charge in [-0.3, -0.25) is 0 Å². The topological polar surface area (TPSA) is 35.2 Å². The Bertz CT molecular complexity index is 608. The summed E-state index contributed by atoms with van der Waals surface area (Å²) in [6.45, 7) is 6.44. The van der Waals surface area contributed by atoms with Gasteiger partial charge in [0.15, 0.2) is 0 Å². The van der Waals surface area contributed by atoms with Crippen molar-refractivity contribution in [2.24, 2.45) is 0 Å². The molecule has 0 aliphatic rings. The molecule has 0 heterocycles. The van der Waals surface area contributed by atoms with Gasteiger partial charge in [0.1, 0.15) is 18.2 Å². The molecular formula is C17H20FNO. The number of halogens is 1. The van der Waals surface area contributed by atoms with E-state index in [1.54, 1.807) is 12.1 Å². The molecule has 2 rings (SSSR count). The number of rotatable bonds is 4. The molecule has 0 bridgehead atoms. The molecule has 0 spiro atoms. The zero-order valence-electron chi connectivity index (χ0n) is 12.1. The van der Waals surface area contributed by atoms with Gasteiger partial charge in [0.05, 0.1) is 0 Å². The molecule has 0 aromatic heterocycles. The van der Waals surface area contributed by atoms with E-state index in [2.05, 4.69) is 26.0 Å². The van der Waals surface area contributed by atoms with Gasteiger partial charge in [-0.25, -0.2) is 4.39 Å². The summed E-state index contributed by atoms with van der Waals surface area (Å²) in [5, 5.41) is 0. The van der Waals surface area contributed by atoms with Gasteiger partial charge in [-0.05, 0) is 42.2 Å². The lowest BCUT2D eigenvalue weighted by Crippen LogP contribution is -2.02. The maximum atomic E-state index is 13.7. The van der Waals surface area contributed by atoms with Crippen LogP contribution in [-0.4, -0.2) is 0 Å². The van der Waals surface area contributed by atoms with E-state index < -0.39 is 0 Å². The molecule has 106 valence electrons. The van der Waals surface area contributed by atoms with E-state index in [-0.39, 0.29) is 12.4 Å². The molecule has 0 amide bonds. The van der Waals surface area contributed by atoms with Gasteiger partial charge in [0.25, 0.3) is 0 Å². The Kier molecular flexibility index (Phi) is 4.28. The number of benzene rings is 2. The molecule has 0 fully saturated rings. The second kappa shape index (κ2) is 5.95. The standard InChI is InChI=1S/C17H20FNO/c1-11(2)15-7-4-12(3)8-17(15)20-10-13-5-6-14(19)9-16(13)18/h4-9,11H,10,19H2,1-3H3. The van der Waals surface area contributed by atoms with Crippen molar-refractivity contribution >= 4 is 5.69 Å². The number of ether oxygens (including phenoxy) is 1. The molecule has 0 radical (unpaired) electrons. The maximum absolute atomic E-state index is 13.7. The van der Waals surface area contributed by atoms with E-state index in [4.69, 9.17) is 10.5 Å². The molecule has 2 N–H and O–H groups in total. The fourth-order valence-corrected chi connectivity index (χ4v) is 2.08. The minimum Gasteiger partial charge on any atom is -0.488 e. The van der Waals surface area contributed by atoms with Crippen LogP contribution in [0.15, 0.2) is 36.4 Å². The Hall–Kier alpha value is -2.03. The van der Waals surface area contributed by atoms with Crippen LogP contribution in [0.4, 0.5) is 10.1 Å². The van der Waals surface area contributed by atoms with Crippen molar-refractivity contribution in [1.82, 2.24) is 0 Å². The lowest BCUT2D eigenvalue weighted by atomic mass is 10.0. The number of nitrogens with two attached hydrogens (primary N) is 1. The van der Waals surface area contributed by atoms with E-state index >= 15 is 0 Å². The minimum absolute atomic E-state index is 0.204. The van der Waals surface area contributed by atoms with E-state index in [1.165, 1.54) is 6.07 Å². The van der Waals surface area contributed by atoms with Crippen molar-refractivity contribution < 1.29 is 9.13 Å². The van der Waals surface area contributed by atoms with Crippen LogP contribution in [0.25, 0.3) is 0 Å². The largest absolute Gasteiger partial charge is 0.488 e. The predicted molar refractivity (Wildman–Crippen MR) is 80.4 cm³/mol. The smallest absolute Gasteiger partial charge is 0.131 e. The molecule has 2 nitrogen and oxygen atoms in total. The lowest BCUT2D eigenvalue weighted by Gasteiger charge is -2.15. The Balaban J connectivity index is 2.20. The second-order valence-electron chi connectivity index (χ2n) is 5.34. The molecule has 0 aliphatic heterocycles. The van der Waals surface area contributed by atoms with Gasteiger partial charge >= 0.3 is 0 Å². The van der Waals surface area contributed by atoms with Gasteiger partial charge in [-0.1, -0.05) is 32.0 Å². The van der Waals surface area contributed by atoms with E-state index in [0.717, 1.165) is 16.9 Å². The molecule has 0 unspecified atom stereocenters. The third-order valence-electron chi connectivity index (χ3n) is 3.25. The highest BCUT2D eigenvalue weighted by Crippen LogP contribution is 2.28. The zero-order chi connectivity index (χ0) is 14.7. The molecular weight excluding hydrogens is 253 g/mol. The van der Waals surface area contributed by atoms with Crippen LogP contribution in [0.3, 0.4) is 0 Å². The fraction of sp³-hybridized carbons (Fsp3) is 0.294. The fourth-order valence-electron chi connectivity index (χ4n) is 2.08. The van der Waals surface area contributed by atoms with Crippen molar-refractivity contribution in [3.8, 4) is 5.75 Å². The van der Waals surface area contributed by atoms with Crippen LogP contribution in [0, 0.1) is 12.7 Å². The summed E-state index contributed by atoms with van der Waals surface area (Å²) in [5.74, 6) is 0.849. The van der Waals surface area contributed by atoms with Crippen LogP contribution in [0.2, 0.25) is 0 Å². The molecule has 20 heavy (non-hydrogen) atoms. The normalized spacial score (nSPS) is 10.8. The quantitative estimate of drug-likeness (QED) is 0.837. The summed E-state index contributed by atoms with van der Waals surface area (Å²) < 4.78 is 19.5. The first kappa shape index (κ1) is 14.4. The Morgan fingerprint density at radius 2 is 1.90 bits per heavy atom. The summed E-state index contributed by atoms with van der Waals surface area (Å²) in [7, 11) is 0. The summed E-state index contributed by atoms with van der Waals surface area (Å²) in [6, 6.07) is 10.8. The van der Waals surface area contributed by atoms with Crippen LogP contribution in [-0.2, 0) is 6.61 Å².